The van der Waals surface area contributed by atoms with Gasteiger partial charge in [0.05, 0.1) is 10.6 Å². The van der Waals surface area contributed by atoms with Crippen molar-refractivity contribution in [1.29, 1.82) is 0 Å². The van der Waals surface area contributed by atoms with E-state index in [4.69, 9.17) is 0 Å². The van der Waals surface area contributed by atoms with E-state index in [0.717, 1.165) is 5.56 Å². The molecule has 2 nitrogen and oxygen atoms in total. The molecule has 0 unspecified atom stereocenters. The molecule has 0 aliphatic heterocycles. The first-order valence-electron chi connectivity index (χ1n) is 4.35. The second kappa shape index (κ2) is 3.96. The van der Waals surface area contributed by atoms with Gasteiger partial charge in [-0.1, -0.05) is 29.8 Å². The third kappa shape index (κ3) is 2.70. The summed E-state index contributed by atoms with van der Waals surface area (Å²) in [5, 5.41) is 0. The third-order valence-electron chi connectivity index (χ3n) is 1.82. The topological polar surface area (TPSA) is 34.1 Å². The monoisotopic (exact) mass is 210 g/mol. The molecule has 0 atom stereocenters. The maximum Gasteiger partial charge on any atom is 0.182 e. The van der Waals surface area contributed by atoms with Gasteiger partial charge in [-0.3, -0.25) is 0 Å². The molecule has 0 aromatic heterocycles. The van der Waals surface area contributed by atoms with E-state index in [1.807, 2.05) is 6.92 Å². The van der Waals surface area contributed by atoms with Crippen LogP contribution in [0.3, 0.4) is 0 Å². The fraction of sp³-hybridized carbons (Fsp3) is 0.273. The van der Waals surface area contributed by atoms with Gasteiger partial charge in [-0.25, -0.2) is 8.42 Å². The fourth-order valence-corrected chi connectivity index (χ4v) is 2.52. The zero-order valence-electron chi connectivity index (χ0n) is 8.45. The van der Waals surface area contributed by atoms with Gasteiger partial charge in [-0.2, -0.15) is 0 Å². The third-order valence-corrected chi connectivity index (χ3v) is 3.68. The molecule has 14 heavy (non-hydrogen) atoms. The van der Waals surface area contributed by atoms with Gasteiger partial charge in [0.25, 0.3) is 0 Å². The summed E-state index contributed by atoms with van der Waals surface area (Å²) in [7, 11) is -3.18. The molecule has 0 radical (unpaired) electrons. The molecule has 0 aliphatic rings. The van der Waals surface area contributed by atoms with E-state index in [-0.39, 0.29) is 5.75 Å². The summed E-state index contributed by atoms with van der Waals surface area (Å²) in [5.41, 5.74) is 1.71. The minimum absolute atomic E-state index is 0.0239. The van der Waals surface area contributed by atoms with Gasteiger partial charge in [0.2, 0.25) is 0 Å². The van der Waals surface area contributed by atoms with Gasteiger partial charge in [0.15, 0.2) is 9.84 Å². The van der Waals surface area contributed by atoms with E-state index >= 15 is 0 Å². The molecule has 0 spiro atoms. The summed E-state index contributed by atoms with van der Waals surface area (Å²) in [6.07, 6.45) is 0. The average molecular weight is 210 g/mol. The predicted molar refractivity (Wildman–Crippen MR) is 58.0 cm³/mol. The Morgan fingerprint density at radius 1 is 1.29 bits per heavy atom. The minimum atomic E-state index is -3.18. The van der Waals surface area contributed by atoms with E-state index in [1.54, 1.807) is 31.2 Å². The highest BCUT2D eigenvalue weighted by Gasteiger charge is 2.13. The summed E-state index contributed by atoms with van der Waals surface area (Å²) in [5.74, 6) is 0.0239. The van der Waals surface area contributed by atoms with Crippen LogP contribution in [-0.2, 0) is 9.84 Å². The van der Waals surface area contributed by atoms with Crippen LogP contribution in [0, 0.1) is 6.92 Å². The van der Waals surface area contributed by atoms with Crippen LogP contribution in [0.4, 0.5) is 0 Å². The number of hydrogen-bond acceptors (Lipinski definition) is 2. The molecule has 0 saturated carbocycles. The molecule has 3 heteroatoms. The Hall–Kier alpha value is -1.09. The average Bonchev–Trinajstić information content (AvgIpc) is 2.02. The first kappa shape index (κ1) is 11.0. The van der Waals surface area contributed by atoms with Crippen LogP contribution in [-0.4, -0.2) is 14.2 Å². The van der Waals surface area contributed by atoms with Crippen LogP contribution in [0.5, 0.6) is 0 Å². The van der Waals surface area contributed by atoms with Crippen molar-refractivity contribution in [3.8, 4) is 0 Å². The molecular weight excluding hydrogens is 196 g/mol. The lowest BCUT2D eigenvalue weighted by Crippen LogP contribution is -2.07. The van der Waals surface area contributed by atoms with E-state index < -0.39 is 9.84 Å². The normalized spacial score (nSPS) is 11.3. The Kier molecular flexibility index (Phi) is 3.11. The first-order chi connectivity index (χ1) is 6.42. The highest BCUT2D eigenvalue weighted by Crippen LogP contribution is 2.13. The van der Waals surface area contributed by atoms with Gasteiger partial charge in [0, 0.05) is 0 Å². The van der Waals surface area contributed by atoms with Gasteiger partial charge in [-0.05, 0) is 26.0 Å². The Morgan fingerprint density at radius 2 is 1.79 bits per heavy atom. The van der Waals surface area contributed by atoms with Crippen molar-refractivity contribution in [3.63, 3.8) is 0 Å². The zero-order valence-corrected chi connectivity index (χ0v) is 9.26. The molecule has 0 N–H and O–H groups in total. The van der Waals surface area contributed by atoms with Crippen LogP contribution in [0.15, 0.2) is 41.3 Å². The molecule has 0 aliphatic carbocycles. The number of aryl methyl sites for hydroxylation is 1. The second-order valence-electron chi connectivity index (χ2n) is 3.53. The van der Waals surface area contributed by atoms with E-state index in [9.17, 15) is 8.42 Å². The molecule has 1 aromatic carbocycles. The number of rotatable bonds is 3. The lowest BCUT2D eigenvalue weighted by atomic mass is 10.2. The van der Waals surface area contributed by atoms with Crippen LogP contribution in [0.1, 0.15) is 12.5 Å². The molecule has 1 rings (SSSR count). The van der Waals surface area contributed by atoms with E-state index in [0.29, 0.717) is 10.5 Å². The number of sulfone groups is 1. The summed E-state index contributed by atoms with van der Waals surface area (Å²) >= 11 is 0. The van der Waals surface area contributed by atoms with Gasteiger partial charge in [-0.15, -0.1) is 0 Å². The van der Waals surface area contributed by atoms with Crippen molar-refractivity contribution in [2.24, 2.45) is 0 Å². The van der Waals surface area contributed by atoms with Crippen molar-refractivity contribution < 1.29 is 8.42 Å². The van der Waals surface area contributed by atoms with Crippen molar-refractivity contribution in [1.82, 2.24) is 0 Å². The second-order valence-corrected chi connectivity index (χ2v) is 5.52. The van der Waals surface area contributed by atoms with Crippen LogP contribution in [0.25, 0.3) is 0 Å². The first-order valence-corrected chi connectivity index (χ1v) is 6.01. The largest absolute Gasteiger partial charge is 0.223 e. The summed E-state index contributed by atoms with van der Waals surface area (Å²) in [4.78, 5) is 0.367. The minimum Gasteiger partial charge on any atom is -0.223 e. The molecule has 0 bridgehead atoms. The zero-order chi connectivity index (χ0) is 10.8. The summed E-state index contributed by atoms with van der Waals surface area (Å²) < 4.78 is 23.4. The van der Waals surface area contributed by atoms with E-state index in [1.165, 1.54) is 0 Å². The van der Waals surface area contributed by atoms with Gasteiger partial charge < -0.3 is 0 Å². The smallest absolute Gasteiger partial charge is 0.182 e. The number of benzene rings is 1. The Balaban J connectivity index is 3.05. The Labute approximate surface area is 85.2 Å². The standard InChI is InChI=1S/C11H14O2S/c1-9(2)8-14(12,13)11-6-4-10(3)5-7-11/h4-7H,1,8H2,2-3H3. The van der Waals surface area contributed by atoms with Crippen molar-refractivity contribution in [2.45, 2.75) is 18.7 Å². The molecule has 0 fully saturated rings. The van der Waals surface area contributed by atoms with Gasteiger partial charge in [0.1, 0.15) is 0 Å². The Morgan fingerprint density at radius 3 is 2.21 bits per heavy atom. The van der Waals surface area contributed by atoms with Crippen LogP contribution < -0.4 is 0 Å². The van der Waals surface area contributed by atoms with Crippen molar-refractivity contribution in [2.75, 3.05) is 5.75 Å². The van der Waals surface area contributed by atoms with Crippen LogP contribution in [0.2, 0.25) is 0 Å². The predicted octanol–water partition coefficient (Wildman–Crippen LogP) is 2.34. The SMILES string of the molecule is C=C(C)CS(=O)(=O)c1ccc(C)cc1. The summed E-state index contributed by atoms with van der Waals surface area (Å²) in [6, 6.07) is 6.86. The van der Waals surface area contributed by atoms with Gasteiger partial charge >= 0.3 is 0 Å². The van der Waals surface area contributed by atoms with Crippen molar-refractivity contribution >= 4 is 9.84 Å². The van der Waals surface area contributed by atoms with Crippen molar-refractivity contribution in [3.05, 3.63) is 42.0 Å². The molecule has 0 amide bonds. The lowest BCUT2D eigenvalue weighted by Gasteiger charge is -2.03. The maximum absolute atomic E-state index is 11.7. The molecule has 0 saturated heterocycles. The summed E-state index contributed by atoms with van der Waals surface area (Å²) in [6.45, 7) is 7.24. The maximum atomic E-state index is 11.7. The highest BCUT2D eigenvalue weighted by atomic mass is 32.2. The molecule has 76 valence electrons. The van der Waals surface area contributed by atoms with Crippen LogP contribution >= 0.6 is 0 Å². The molecule has 0 heterocycles. The lowest BCUT2D eigenvalue weighted by molar-refractivity contribution is 0.598. The Bertz CT molecular complexity index is 427. The molecule has 1 aromatic rings. The quantitative estimate of drug-likeness (QED) is 0.718. The van der Waals surface area contributed by atoms with E-state index in [2.05, 4.69) is 6.58 Å². The fourth-order valence-electron chi connectivity index (χ4n) is 1.15. The highest BCUT2D eigenvalue weighted by molar-refractivity contribution is 7.91. The number of hydrogen-bond donors (Lipinski definition) is 0. The molecular formula is C11H14O2S.